The molecule has 3 aromatic rings. The van der Waals surface area contributed by atoms with Crippen LogP contribution in [0.3, 0.4) is 0 Å². The van der Waals surface area contributed by atoms with Gasteiger partial charge in [-0.1, -0.05) is 29.8 Å². The fraction of sp³-hybridized carbons (Fsp3) is 0.150. The predicted molar refractivity (Wildman–Crippen MR) is 105 cm³/mol. The maximum absolute atomic E-state index is 13.3. The van der Waals surface area contributed by atoms with Crippen molar-refractivity contribution in [3.63, 3.8) is 0 Å². The van der Waals surface area contributed by atoms with E-state index < -0.39 is 11.7 Å². The van der Waals surface area contributed by atoms with Gasteiger partial charge in [-0.15, -0.1) is 0 Å². The zero-order chi connectivity index (χ0) is 19.4. The van der Waals surface area contributed by atoms with E-state index in [-0.39, 0.29) is 10.7 Å². The summed E-state index contributed by atoms with van der Waals surface area (Å²) < 4.78 is 13.3. The summed E-state index contributed by atoms with van der Waals surface area (Å²) in [6.07, 6.45) is 0. The Labute approximate surface area is 161 Å². The summed E-state index contributed by atoms with van der Waals surface area (Å²) >= 11 is 5.76. The van der Waals surface area contributed by atoms with Gasteiger partial charge in [-0.3, -0.25) is 4.79 Å². The first-order chi connectivity index (χ1) is 13.0. The van der Waals surface area contributed by atoms with Crippen molar-refractivity contribution in [2.24, 2.45) is 0 Å². The first kappa shape index (κ1) is 18.8. The molecule has 138 valence electrons. The highest BCUT2D eigenvalue weighted by molar-refractivity contribution is 6.31. The van der Waals surface area contributed by atoms with Gasteiger partial charge in [0.25, 0.3) is 5.91 Å². The molecule has 0 unspecified atom stereocenters. The highest BCUT2D eigenvalue weighted by Gasteiger charge is 2.15. The highest BCUT2D eigenvalue weighted by Crippen LogP contribution is 2.24. The standard InChI is InChI=1S/C20H18ClFN4O/c1-3-26(15-7-5-4-6-8-15)19-12-18(23-13(2)24-19)20(27)25-14-9-10-17(22)16(21)11-14/h4-12H,3H2,1-2H3,(H,25,27). The van der Waals surface area contributed by atoms with Gasteiger partial charge in [0.05, 0.1) is 5.02 Å². The van der Waals surface area contributed by atoms with E-state index in [1.165, 1.54) is 18.2 Å². The predicted octanol–water partition coefficient (Wildman–Crippen LogP) is 4.99. The molecule has 1 heterocycles. The molecule has 1 amide bonds. The number of hydrogen-bond acceptors (Lipinski definition) is 4. The number of carbonyl (C=O) groups excluding carboxylic acids is 1. The van der Waals surface area contributed by atoms with Gasteiger partial charge in [0.2, 0.25) is 0 Å². The van der Waals surface area contributed by atoms with Crippen LogP contribution in [0.15, 0.2) is 54.6 Å². The van der Waals surface area contributed by atoms with Crippen LogP contribution in [0.2, 0.25) is 5.02 Å². The molecule has 0 bridgehead atoms. The number of anilines is 3. The number of aromatic nitrogens is 2. The number of nitrogens with one attached hydrogen (secondary N) is 1. The van der Waals surface area contributed by atoms with Crippen molar-refractivity contribution in [3.8, 4) is 0 Å². The number of para-hydroxylation sites is 1. The van der Waals surface area contributed by atoms with Crippen molar-refractivity contribution in [1.29, 1.82) is 0 Å². The van der Waals surface area contributed by atoms with E-state index in [0.717, 1.165) is 5.69 Å². The van der Waals surface area contributed by atoms with Crippen LogP contribution in [0.25, 0.3) is 0 Å². The second-order valence-corrected chi connectivity index (χ2v) is 6.23. The summed E-state index contributed by atoms with van der Waals surface area (Å²) in [7, 11) is 0. The van der Waals surface area contributed by atoms with E-state index in [1.54, 1.807) is 13.0 Å². The SMILES string of the molecule is CCN(c1ccccc1)c1cc(C(=O)Nc2ccc(F)c(Cl)c2)nc(C)n1. The van der Waals surface area contributed by atoms with Gasteiger partial charge in [-0.25, -0.2) is 14.4 Å². The maximum Gasteiger partial charge on any atom is 0.274 e. The number of hydrogen-bond donors (Lipinski definition) is 1. The lowest BCUT2D eigenvalue weighted by Crippen LogP contribution is -2.21. The molecule has 0 saturated heterocycles. The molecule has 0 aliphatic carbocycles. The van der Waals surface area contributed by atoms with Crippen molar-refractivity contribution >= 4 is 34.7 Å². The molecule has 0 fully saturated rings. The van der Waals surface area contributed by atoms with Crippen molar-refractivity contribution in [2.45, 2.75) is 13.8 Å². The van der Waals surface area contributed by atoms with Gasteiger partial charge in [-0.05, 0) is 44.2 Å². The summed E-state index contributed by atoms with van der Waals surface area (Å²) in [4.78, 5) is 23.3. The Balaban J connectivity index is 1.90. The summed E-state index contributed by atoms with van der Waals surface area (Å²) in [6, 6.07) is 15.4. The molecule has 0 radical (unpaired) electrons. The number of halogens is 2. The molecule has 7 heteroatoms. The quantitative estimate of drug-likeness (QED) is 0.673. The Morgan fingerprint density at radius 1 is 1.15 bits per heavy atom. The third-order valence-corrected chi connectivity index (χ3v) is 4.18. The summed E-state index contributed by atoms with van der Waals surface area (Å²) in [5.41, 5.74) is 1.57. The van der Waals surface area contributed by atoms with E-state index in [4.69, 9.17) is 11.6 Å². The molecule has 5 nitrogen and oxygen atoms in total. The second-order valence-electron chi connectivity index (χ2n) is 5.82. The van der Waals surface area contributed by atoms with Gasteiger partial charge in [0.1, 0.15) is 23.2 Å². The van der Waals surface area contributed by atoms with Gasteiger partial charge >= 0.3 is 0 Å². The van der Waals surface area contributed by atoms with Crippen LogP contribution in [-0.2, 0) is 0 Å². The van der Waals surface area contributed by atoms with Gasteiger partial charge in [-0.2, -0.15) is 0 Å². The summed E-state index contributed by atoms with van der Waals surface area (Å²) in [6.45, 7) is 4.41. The van der Waals surface area contributed by atoms with Crippen LogP contribution < -0.4 is 10.2 Å². The Kier molecular flexibility index (Phi) is 5.66. The zero-order valence-electron chi connectivity index (χ0n) is 14.9. The molecule has 0 spiro atoms. The average Bonchev–Trinajstić information content (AvgIpc) is 2.66. The molecule has 3 rings (SSSR count). The number of benzene rings is 2. The van der Waals surface area contributed by atoms with Crippen LogP contribution in [0.1, 0.15) is 23.2 Å². The lowest BCUT2D eigenvalue weighted by atomic mass is 10.2. The van der Waals surface area contributed by atoms with E-state index >= 15 is 0 Å². The molecule has 0 atom stereocenters. The molecule has 1 N–H and O–H groups in total. The Morgan fingerprint density at radius 3 is 2.56 bits per heavy atom. The fourth-order valence-corrected chi connectivity index (χ4v) is 2.84. The van der Waals surface area contributed by atoms with Gasteiger partial charge < -0.3 is 10.2 Å². The molecule has 1 aromatic heterocycles. The summed E-state index contributed by atoms with van der Waals surface area (Å²) in [5, 5.41) is 2.62. The number of rotatable bonds is 5. The van der Waals surface area contributed by atoms with Crippen LogP contribution in [-0.4, -0.2) is 22.4 Å². The third-order valence-electron chi connectivity index (χ3n) is 3.90. The molecule has 0 aliphatic rings. The van der Waals surface area contributed by atoms with Crippen LogP contribution >= 0.6 is 11.6 Å². The molecule has 0 saturated carbocycles. The smallest absolute Gasteiger partial charge is 0.274 e. The molecule has 2 aromatic carbocycles. The second kappa shape index (κ2) is 8.14. The van der Waals surface area contributed by atoms with Crippen molar-refractivity contribution in [1.82, 2.24) is 9.97 Å². The highest BCUT2D eigenvalue weighted by atomic mass is 35.5. The maximum atomic E-state index is 13.3. The van der Waals surface area contributed by atoms with Crippen molar-refractivity contribution in [2.75, 3.05) is 16.8 Å². The van der Waals surface area contributed by atoms with Gasteiger partial charge in [0, 0.05) is 24.0 Å². The molecule has 27 heavy (non-hydrogen) atoms. The minimum absolute atomic E-state index is 0.0615. The van der Waals surface area contributed by atoms with Gasteiger partial charge in [0.15, 0.2) is 0 Å². The van der Waals surface area contributed by atoms with E-state index in [2.05, 4.69) is 15.3 Å². The minimum atomic E-state index is -0.545. The first-order valence-corrected chi connectivity index (χ1v) is 8.80. The lowest BCUT2D eigenvalue weighted by molar-refractivity contribution is 0.102. The molecular formula is C20H18ClFN4O. The van der Waals surface area contributed by atoms with Crippen LogP contribution in [0, 0.1) is 12.7 Å². The normalized spacial score (nSPS) is 10.5. The first-order valence-electron chi connectivity index (χ1n) is 8.42. The lowest BCUT2D eigenvalue weighted by Gasteiger charge is -2.22. The van der Waals surface area contributed by atoms with Crippen molar-refractivity contribution in [3.05, 3.63) is 77.0 Å². The van der Waals surface area contributed by atoms with Crippen LogP contribution in [0.4, 0.5) is 21.6 Å². The largest absolute Gasteiger partial charge is 0.327 e. The number of nitrogens with zero attached hydrogens (tertiary/aromatic N) is 3. The fourth-order valence-electron chi connectivity index (χ4n) is 2.66. The molecular weight excluding hydrogens is 367 g/mol. The number of aryl methyl sites for hydroxylation is 1. The third kappa shape index (κ3) is 4.41. The zero-order valence-corrected chi connectivity index (χ0v) is 15.7. The van der Waals surface area contributed by atoms with Crippen LogP contribution in [0.5, 0.6) is 0 Å². The monoisotopic (exact) mass is 384 g/mol. The number of carbonyl (C=O) groups is 1. The minimum Gasteiger partial charge on any atom is -0.327 e. The number of amides is 1. The van der Waals surface area contributed by atoms with E-state index in [0.29, 0.717) is 23.9 Å². The summed E-state index contributed by atoms with van der Waals surface area (Å²) in [5.74, 6) is 0.132. The topological polar surface area (TPSA) is 58.1 Å². The Hall–Kier alpha value is -2.99. The average molecular weight is 385 g/mol. The molecule has 0 aliphatic heterocycles. The van der Waals surface area contributed by atoms with E-state index in [1.807, 2.05) is 42.2 Å². The Bertz CT molecular complexity index is 965. The van der Waals surface area contributed by atoms with E-state index in [9.17, 15) is 9.18 Å². The van der Waals surface area contributed by atoms with Crippen molar-refractivity contribution < 1.29 is 9.18 Å². The Morgan fingerprint density at radius 2 is 1.89 bits per heavy atom.